The lowest BCUT2D eigenvalue weighted by molar-refractivity contribution is -0.870. The minimum absolute atomic E-state index is 0.183. The summed E-state index contributed by atoms with van der Waals surface area (Å²) < 4.78 is 22.5. The van der Waals surface area contributed by atoms with Crippen molar-refractivity contribution in [3.8, 4) is 0 Å². The Morgan fingerprint density at radius 1 is 0.612 bits per heavy atom. The number of rotatable bonds is 35. The Bertz CT molecular complexity index is 867. The van der Waals surface area contributed by atoms with Gasteiger partial charge in [0.15, 0.2) is 6.10 Å². The number of carboxylic acids is 1. The Hall–Kier alpha value is -2.23. The normalized spacial score (nSPS) is 13.2. The summed E-state index contributed by atoms with van der Waals surface area (Å²) in [5.74, 6) is -2.03. The molecule has 2 unspecified atom stereocenters. The molecule has 1 N–H and O–H groups in total. The first-order valence-corrected chi connectivity index (χ1v) is 19.5. The summed E-state index contributed by atoms with van der Waals surface area (Å²) in [6.45, 7) is 4.73. The molecule has 0 aliphatic carbocycles. The van der Waals surface area contributed by atoms with E-state index in [1.54, 1.807) is 0 Å². The number of hydrogen-bond acceptors (Lipinski definition) is 7. The van der Waals surface area contributed by atoms with Crippen molar-refractivity contribution in [2.45, 2.75) is 167 Å². The maximum absolute atomic E-state index is 12.6. The molecule has 0 fully saturated rings. The first kappa shape index (κ1) is 46.8. The third kappa shape index (κ3) is 34.0. The third-order valence-corrected chi connectivity index (χ3v) is 8.21. The predicted molar refractivity (Wildman–Crippen MR) is 198 cm³/mol. The van der Waals surface area contributed by atoms with E-state index in [0.29, 0.717) is 17.4 Å². The summed E-state index contributed by atoms with van der Waals surface area (Å²) >= 11 is 0. The Morgan fingerprint density at radius 3 is 1.65 bits per heavy atom. The molecule has 0 amide bonds. The lowest BCUT2D eigenvalue weighted by atomic mass is 10.1. The molecule has 9 nitrogen and oxygen atoms in total. The Balaban J connectivity index is 4.33. The molecule has 2 atom stereocenters. The number of nitrogens with zero attached hydrogens (tertiary/aromatic N) is 1. The van der Waals surface area contributed by atoms with Crippen molar-refractivity contribution < 1.29 is 42.9 Å². The molecule has 0 radical (unpaired) electrons. The van der Waals surface area contributed by atoms with E-state index in [1.165, 1.54) is 64.2 Å². The standard InChI is InChI=1S/C40H73NO8/c1-6-8-10-12-13-14-15-16-17-18-19-20-21-22-23-24-25-27-29-31-38(43)49-36(34-47-37(42)30-28-26-11-9-7-2)35-48-40(39(44)45)46-33-32-41(3,4)5/h13-14,16-17,36,40H,6-12,15,18-35H2,1-5H3/p+1/b14-13-,17-16-. The molecule has 0 heterocycles. The second kappa shape index (κ2) is 32.9. The highest BCUT2D eigenvalue weighted by Crippen LogP contribution is 2.13. The number of ether oxygens (including phenoxy) is 4. The van der Waals surface area contributed by atoms with Crippen molar-refractivity contribution in [1.82, 2.24) is 0 Å². The highest BCUT2D eigenvalue weighted by Gasteiger charge is 2.25. The molecule has 49 heavy (non-hydrogen) atoms. The number of aliphatic carboxylic acids is 1. The van der Waals surface area contributed by atoms with Gasteiger partial charge >= 0.3 is 17.9 Å². The highest BCUT2D eigenvalue weighted by molar-refractivity contribution is 5.71. The van der Waals surface area contributed by atoms with Gasteiger partial charge in [-0.2, -0.15) is 0 Å². The van der Waals surface area contributed by atoms with Gasteiger partial charge < -0.3 is 28.5 Å². The molecule has 0 aromatic carbocycles. The van der Waals surface area contributed by atoms with Crippen LogP contribution in [0.3, 0.4) is 0 Å². The number of carbonyl (C=O) groups is 3. The number of allylic oxidation sites excluding steroid dienone is 4. The summed E-state index contributed by atoms with van der Waals surface area (Å²) in [5.41, 5.74) is 0. The van der Waals surface area contributed by atoms with Gasteiger partial charge in [-0.05, 0) is 44.9 Å². The van der Waals surface area contributed by atoms with Gasteiger partial charge in [-0.1, -0.05) is 122 Å². The summed E-state index contributed by atoms with van der Waals surface area (Å²) in [7, 11) is 5.93. The predicted octanol–water partition coefficient (Wildman–Crippen LogP) is 9.33. The van der Waals surface area contributed by atoms with Crippen LogP contribution in [0.15, 0.2) is 24.3 Å². The van der Waals surface area contributed by atoms with E-state index in [1.807, 2.05) is 21.1 Å². The van der Waals surface area contributed by atoms with Crippen LogP contribution < -0.4 is 0 Å². The molecule has 0 spiro atoms. The van der Waals surface area contributed by atoms with E-state index < -0.39 is 24.3 Å². The van der Waals surface area contributed by atoms with Crippen LogP contribution in [0.2, 0.25) is 0 Å². The molecule has 0 aromatic rings. The van der Waals surface area contributed by atoms with Crippen LogP contribution in [0.5, 0.6) is 0 Å². The molecule has 0 bridgehead atoms. The van der Waals surface area contributed by atoms with Crippen LogP contribution >= 0.6 is 0 Å². The Labute approximate surface area is 299 Å². The second-order valence-electron chi connectivity index (χ2n) is 14.2. The van der Waals surface area contributed by atoms with Gasteiger partial charge in [0.1, 0.15) is 13.2 Å². The fourth-order valence-corrected chi connectivity index (χ4v) is 5.10. The number of esters is 2. The fourth-order valence-electron chi connectivity index (χ4n) is 5.10. The zero-order valence-corrected chi connectivity index (χ0v) is 32.1. The van der Waals surface area contributed by atoms with Gasteiger partial charge in [-0.25, -0.2) is 4.79 Å². The quantitative estimate of drug-likeness (QED) is 0.0230. The average molecular weight is 697 g/mol. The van der Waals surface area contributed by atoms with Crippen LogP contribution in [0.4, 0.5) is 0 Å². The lowest BCUT2D eigenvalue weighted by Gasteiger charge is -2.25. The van der Waals surface area contributed by atoms with E-state index in [0.717, 1.165) is 64.2 Å². The van der Waals surface area contributed by atoms with Crippen molar-refractivity contribution in [2.75, 3.05) is 47.5 Å². The zero-order chi connectivity index (χ0) is 36.4. The number of hydrogen-bond donors (Lipinski definition) is 1. The summed E-state index contributed by atoms with van der Waals surface area (Å²) in [5, 5.41) is 9.55. The number of carbonyl (C=O) groups excluding carboxylic acids is 2. The molecule has 0 rings (SSSR count). The highest BCUT2D eigenvalue weighted by atomic mass is 16.7. The molecular formula is C40H74NO8+. The van der Waals surface area contributed by atoms with Gasteiger partial charge in [-0.3, -0.25) is 9.59 Å². The van der Waals surface area contributed by atoms with E-state index in [9.17, 15) is 19.5 Å². The smallest absolute Gasteiger partial charge is 0.361 e. The van der Waals surface area contributed by atoms with E-state index >= 15 is 0 Å². The van der Waals surface area contributed by atoms with E-state index in [4.69, 9.17) is 18.9 Å². The van der Waals surface area contributed by atoms with Crippen LogP contribution in [-0.4, -0.2) is 87.4 Å². The van der Waals surface area contributed by atoms with Crippen LogP contribution in [-0.2, 0) is 33.3 Å². The molecule has 0 aromatic heterocycles. The van der Waals surface area contributed by atoms with E-state index in [2.05, 4.69) is 38.2 Å². The van der Waals surface area contributed by atoms with E-state index in [-0.39, 0.29) is 32.2 Å². The molecule has 0 saturated carbocycles. The van der Waals surface area contributed by atoms with Crippen molar-refractivity contribution in [3.05, 3.63) is 24.3 Å². The number of unbranched alkanes of at least 4 members (excludes halogenated alkanes) is 16. The van der Waals surface area contributed by atoms with Gasteiger partial charge in [0.2, 0.25) is 0 Å². The van der Waals surface area contributed by atoms with Gasteiger partial charge in [0.25, 0.3) is 6.29 Å². The maximum atomic E-state index is 12.6. The molecular weight excluding hydrogens is 622 g/mol. The second-order valence-corrected chi connectivity index (χ2v) is 14.2. The number of likely N-dealkylation sites (N-methyl/N-ethyl adjacent to an activating group) is 1. The van der Waals surface area contributed by atoms with Crippen LogP contribution in [0.25, 0.3) is 0 Å². The topological polar surface area (TPSA) is 108 Å². The van der Waals surface area contributed by atoms with Gasteiger partial charge in [0, 0.05) is 12.8 Å². The Kier molecular flexibility index (Phi) is 31.4. The molecule has 0 saturated heterocycles. The van der Waals surface area contributed by atoms with Crippen LogP contribution in [0.1, 0.15) is 155 Å². The van der Waals surface area contributed by atoms with Crippen molar-refractivity contribution >= 4 is 17.9 Å². The van der Waals surface area contributed by atoms with Crippen molar-refractivity contribution in [2.24, 2.45) is 0 Å². The lowest BCUT2D eigenvalue weighted by Crippen LogP contribution is -2.40. The van der Waals surface area contributed by atoms with Crippen molar-refractivity contribution in [3.63, 3.8) is 0 Å². The molecule has 9 heteroatoms. The minimum atomic E-state index is -1.50. The van der Waals surface area contributed by atoms with Crippen molar-refractivity contribution in [1.29, 1.82) is 0 Å². The minimum Gasteiger partial charge on any atom is -0.477 e. The first-order valence-electron chi connectivity index (χ1n) is 19.5. The summed E-state index contributed by atoms with van der Waals surface area (Å²) in [6, 6.07) is 0. The number of quaternary nitrogens is 1. The van der Waals surface area contributed by atoms with Gasteiger partial charge in [0.05, 0.1) is 34.4 Å². The SMILES string of the molecule is CCCCC/C=C\C/C=C\CCCCCCCCCCCC(=O)OC(COC(=O)CCCCCCC)COC(OCC[N+](C)(C)C)C(=O)O. The summed E-state index contributed by atoms with van der Waals surface area (Å²) in [6.07, 6.45) is 29.9. The monoisotopic (exact) mass is 697 g/mol. The largest absolute Gasteiger partial charge is 0.477 e. The fraction of sp³-hybridized carbons (Fsp3) is 0.825. The zero-order valence-electron chi connectivity index (χ0n) is 32.1. The Morgan fingerprint density at radius 2 is 1.10 bits per heavy atom. The summed E-state index contributed by atoms with van der Waals surface area (Å²) in [4.78, 5) is 36.6. The average Bonchev–Trinajstić information content (AvgIpc) is 3.05. The molecule has 286 valence electrons. The molecule has 0 aliphatic rings. The molecule has 0 aliphatic heterocycles. The third-order valence-electron chi connectivity index (χ3n) is 8.21. The first-order chi connectivity index (χ1) is 23.6. The maximum Gasteiger partial charge on any atom is 0.361 e. The van der Waals surface area contributed by atoms with Crippen LogP contribution in [0, 0.1) is 0 Å². The number of carboxylic acid groups (broad SMARTS) is 1. The van der Waals surface area contributed by atoms with Gasteiger partial charge in [-0.15, -0.1) is 0 Å².